The summed E-state index contributed by atoms with van der Waals surface area (Å²) in [4.78, 5) is 0. The number of benzene rings is 1. The van der Waals surface area contributed by atoms with Gasteiger partial charge in [0.15, 0.2) is 0 Å². The number of hydrogen-bond donors (Lipinski definition) is 1. The topological polar surface area (TPSA) is 30.5 Å². The Balaban J connectivity index is 2.34. The van der Waals surface area contributed by atoms with Gasteiger partial charge >= 0.3 is 0 Å². The van der Waals surface area contributed by atoms with E-state index in [4.69, 9.17) is 9.47 Å². The molecule has 0 fully saturated rings. The van der Waals surface area contributed by atoms with Crippen molar-refractivity contribution in [3.8, 4) is 0 Å². The molecule has 0 aliphatic rings. The number of ether oxygens (including phenoxy) is 2. The Kier molecular flexibility index (Phi) is 8.26. The van der Waals surface area contributed by atoms with Gasteiger partial charge in [-0.25, -0.2) is 0 Å². The molecule has 1 unspecified atom stereocenters. The highest BCUT2D eigenvalue weighted by molar-refractivity contribution is 5.45. The smallest absolute Gasteiger partial charge is 0.0718 e. The van der Waals surface area contributed by atoms with Crippen molar-refractivity contribution in [2.24, 2.45) is 5.92 Å². The minimum absolute atomic E-state index is 0.641. The summed E-state index contributed by atoms with van der Waals surface area (Å²) in [6.45, 7) is 7.47. The van der Waals surface area contributed by atoms with Gasteiger partial charge in [-0.2, -0.15) is 0 Å². The van der Waals surface area contributed by atoms with E-state index in [2.05, 4.69) is 43.4 Å². The highest BCUT2D eigenvalue weighted by Crippen LogP contribution is 2.13. The molecule has 1 aromatic carbocycles. The number of anilines is 1. The summed E-state index contributed by atoms with van der Waals surface area (Å²) in [5, 5.41) is 3.49. The summed E-state index contributed by atoms with van der Waals surface area (Å²) in [6.07, 6.45) is 2.52. The Morgan fingerprint density at radius 1 is 1.26 bits per heavy atom. The van der Waals surface area contributed by atoms with Gasteiger partial charge in [-0.1, -0.05) is 32.4 Å². The molecule has 0 saturated carbocycles. The molecule has 1 rings (SSSR count). The average molecular weight is 265 g/mol. The molecule has 0 spiro atoms. The van der Waals surface area contributed by atoms with E-state index < -0.39 is 0 Å². The lowest BCUT2D eigenvalue weighted by Gasteiger charge is -2.13. The Morgan fingerprint density at radius 2 is 2.11 bits per heavy atom. The Morgan fingerprint density at radius 3 is 2.84 bits per heavy atom. The predicted octanol–water partition coefficient (Wildman–Crippen LogP) is 3.70. The summed E-state index contributed by atoms with van der Waals surface area (Å²) in [5.41, 5.74) is 2.38. The van der Waals surface area contributed by atoms with Gasteiger partial charge in [0.1, 0.15) is 0 Å². The molecule has 3 nitrogen and oxygen atoms in total. The van der Waals surface area contributed by atoms with E-state index in [-0.39, 0.29) is 0 Å². The molecule has 0 bridgehead atoms. The van der Waals surface area contributed by atoms with Gasteiger partial charge in [0.05, 0.1) is 19.8 Å². The van der Waals surface area contributed by atoms with Gasteiger partial charge in [-0.15, -0.1) is 0 Å². The Hall–Kier alpha value is -1.06. The lowest BCUT2D eigenvalue weighted by atomic mass is 10.1. The standard InChI is InChI=1S/C16H27NO2/c1-4-6-14(2)12-17-16-8-5-7-15(11-16)13-19-10-9-18-3/h5,7-8,11,14,17H,4,6,9-10,12-13H2,1-3H3. The average Bonchev–Trinajstić information content (AvgIpc) is 2.42. The van der Waals surface area contributed by atoms with Crippen LogP contribution in [-0.2, 0) is 16.1 Å². The maximum atomic E-state index is 5.53. The fourth-order valence-corrected chi connectivity index (χ4v) is 1.99. The Labute approximate surface area is 117 Å². The first-order valence-electron chi connectivity index (χ1n) is 7.15. The van der Waals surface area contributed by atoms with Crippen LogP contribution in [0.2, 0.25) is 0 Å². The highest BCUT2D eigenvalue weighted by atomic mass is 16.5. The van der Waals surface area contributed by atoms with E-state index in [1.165, 1.54) is 24.1 Å². The van der Waals surface area contributed by atoms with Gasteiger partial charge in [-0.3, -0.25) is 0 Å². The fourth-order valence-electron chi connectivity index (χ4n) is 1.99. The second kappa shape index (κ2) is 9.82. The SMILES string of the molecule is CCCC(C)CNc1cccc(COCCOC)c1. The molecule has 0 aromatic heterocycles. The Bertz CT molecular complexity index is 341. The summed E-state index contributed by atoms with van der Waals surface area (Å²) in [6, 6.07) is 8.43. The monoisotopic (exact) mass is 265 g/mol. The first-order chi connectivity index (χ1) is 9.26. The third-order valence-electron chi connectivity index (χ3n) is 3.06. The third kappa shape index (κ3) is 7.19. The molecule has 108 valence electrons. The molecular formula is C16H27NO2. The fraction of sp³-hybridized carbons (Fsp3) is 0.625. The normalized spacial score (nSPS) is 12.4. The number of hydrogen-bond acceptors (Lipinski definition) is 3. The maximum absolute atomic E-state index is 5.53. The van der Waals surface area contributed by atoms with Crippen molar-refractivity contribution in [3.05, 3.63) is 29.8 Å². The van der Waals surface area contributed by atoms with Crippen LogP contribution >= 0.6 is 0 Å². The van der Waals surface area contributed by atoms with Crippen LogP contribution in [0.4, 0.5) is 5.69 Å². The van der Waals surface area contributed by atoms with Crippen LogP contribution in [0.5, 0.6) is 0 Å². The summed E-state index contributed by atoms with van der Waals surface area (Å²) in [5.74, 6) is 0.714. The molecule has 0 aliphatic carbocycles. The molecule has 0 saturated heterocycles. The minimum atomic E-state index is 0.641. The van der Waals surface area contributed by atoms with Crippen LogP contribution in [-0.4, -0.2) is 26.9 Å². The van der Waals surface area contributed by atoms with E-state index in [1.54, 1.807) is 7.11 Å². The van der Waals surface area contributed by atoms with Crippen LogP contribution < -0.4 is 5.32 Å². The lowest BCUT2D eigenvalue weighted by Crippen LogP contribution is -2.11. The number of methoxy groups -OCH3 is 1. The number of nitrogens with one attached hydrogen (secondary N) is 1. The molecule has 1 atom stereocenters. The molecule has 19 heavy (non-hydrogen) atoms. The van der Waals surface area contributed by atoms with E-state index in [9.17, 15) is 0 Å². The zero-order chi connectivity index (χ0) is 13.9. The van der Waals surface area contributed by atoms with Crippen LogP contribution in [0.25, 0.3) is 0 Å². The van der Waals surface area contributed by atoms with Gasteiger partial charge in [0.25, 0.3) is 0 Å². The molecule has 3 heteroatoms. The third-order valence-corrected chi connectivity index (χ3v) is 3.06. The lowest BCUT2D eigenvalue weighted by molar-refractivity contribution is 0.0617. The first-order valence-corrected chi connectivity index (χ1v) is 7.15. The van der Waals surface area contributed by atoms with Crippen molar-refractivity contribution in [1.29, 1.82) is 0 Å². The summed E-state index contributed by atoms with van der Waals surface area (Å²) < 4.78 is 10.5. The largest absolute Gasteiger partial charge is 0.385 e. The van der Waals surface area contributed by atoms with E-state index >= 15 is 0 Å². The highest BCUT2D eigenvalue weighted by Gasteiger charge is 2.01. The van der Waals surface area contributed by atoms with E-state index in [1.807, 2.05) is 0 Å². The summed E-state index contributed by atoms with van der Waals surface area (Å²) in [7, 11) is 1.69. The zero-order valence-electron chi connectivity index (χ0n) is 12.4. The molecule has 1 N–H and O–H groups in total. The molecule has 1 aromatic rings. The van der Waals surface area contributed by atoms with Crippen LogP contribution in [0.15, 0.2) is 24.3 Å². The van der Waals surface area contributed by atoms with Crippen molar-refractivity contribution >= 4 is 5.69 Å². The van der Waals surface area contributed by atoms with Gasteiger partial charge in [0, 0.05) is 19.3 Å². The summed E-state index contributed by atoms with van der Waals surface area (Å²) >= 11 is 0. The van der Waals surface area contributed by atoms with Gasteiger partial charge < -0.3 is 14.8 Å². The first kappa shape index (κ1) is 16.0. The second-order valence-electron chi connectivity index (χ2n) is 5.02. The van der Waals surface area contributed by atoms with Crippen LogP contribution in [0, 0.1) is 5.92 Å². The molecule has 0 radical (unpaired) electrons. The maximum Gasteiger partial charge on any atom is 0.0718 e. The molecule has 0 aliphatic heterocycles. The zero-order valence-corrected chi connectivity index (χ0v) is 12.4. The van der Waals surface area contributed by atoms with Crippen molar-refractivity contribution in [3.63, 3.8) is 0 Å². The van der Waals surface area contributed by atoms with Crippen LogP contribution in [0.3, 0.4) is 0 Å². The minimum Gasteiger partial charge on any atom is -0.385 e. The van der Waals surface area contributed by atoms with Crippen LogP contribution in [0.1, 0.15) is 32.3 Å². The van der Waals surface area contributed by atoms with Crippen molar-refractivity contribution in [2.75, 3.05) is 32.2 Å². The molecule has 0 amide bonds. The van der Waals surface area contributed by atoms with Crippen molar-refractivity contribution in [1.82, 2.24) is 0 Å². The second-order valence-corrected chi connectivity index (χ2v) is 5.02. The van der Waals surface area contributed by atoms with Gasteiger partial charge in [0.2, 0.25) is 0 Å². The van der Waals surface area contributed by atoms with Crippen molar-refractivity contribution in [2.45, 2.75) is 33.3 Å². The van der Waals surface area contributed by atoms with Crippen molar-refractivity contribution < 1.29 is 9.47 Å². The number of rotatable bonds is 10. The molecular weight excluding hydrogens is 238 g/mol. The van der Waals surface area contributed by atoms with E-state index in [0.717, 1.165) is 6.54 Å². The van der Waals surface area contributed by atoms with E-state index in [0.29, 0.717) is 25.7 Å². The quantitative estimate of drug-likeness (QED) is 0.654. The van der Waals surface area contributed by atoms with Gasteiger partial charge in [-0.05, 0) is 30.0 Å². The molecule has 0 heterocycles. The predicted molar refractivity (Wildman–Crippen MR) is 80.5 cm³/mol.